The quantitative estimate of drug-likeness (QED) is 0.157. The number of hydrogen-bond donors (Lipinski definition) is 6. The van der Waals surface area contributed by atoms with Crippen molar-refractivity contribution in [3.8, 4) is 11.5 Å². The van der Waals surface area contributed by atoms with Gasteiger partial charge in [-0.15, -0.1) is 0 Å². The summed E-state index contributed by atoms with van der Waals surface area (Å²) in [5.74, 6) is -2.48. The fourth-order valence-electron chi connectivity index (χ4n) is 6.44. The van der Waals surface area contributed by atoms with E-state index < -0.39 is 61.0 Å². The number of benzene rings is 1. The molecule has 2 saturated heterocycles. The van der Waals surface area contributed by atoms with Crippen LogP contribution in [0.5, 0.6) is 11.5 Å². The average molecular weight is 589 g/mol. The molecule has 1 saturated carbocycles. The number of rotatable bonds is 6. The van der Waals surface area contributed by atoms with Gasteiger partial charge in [0.2, 0.25) is 6.29 Å². The zero-order chi connectivity index (χ0) is 30.5. The van der Waals surface area contributed by atoms with Gasteiger partial charge in [-0.05, 0) is 56.0 Å². The smallest absolute Gasteiger partial charge is 0.334 e. The van der Waals surface area contributed by atoms with Gasteiger partial charge in [-0.3, -0.25) is 0 Å². The molecule has 12 heteroatoms. The molecule has 12 nitrogen and oxygen atoms in total. The minimum absolute atomic E-state index is 0.241. The molecule has 0 spiro atoms. The molecule has 4 aliphatic rings. The van der Waals surface area contributed by atoms with E-state index in [-0.39, 0.29) is 35.7 Å². The van der Waals surface area contributed by atoms with Crippen LogP contribution in [0.4, 0.5) is 0 Å². The van der Waals surface area contributed by atoms with Gasteiger partial charge in [0.05, 0.1) is 11.4 Å². The summed E-state index contributed by atoms with van der Waals surface area (Å²) in [6.07, 6.45) is -4.45. The van der Waals surface area contributed by atoms with Gasteiger partial charge in [-0.25, -0.2) is 9.59 Å². The number of allylic oxidation sites excluding steroid dienone is 1. The highest BCUT2D eigenvalue weighted by Gasteiger charge is 2.57. The van der Waals surface area contributed by atoms with Crippen LogP contribution in [0.25, 0.3) is 6.08 Å². The number of phenols is 2. The van der Waals surface area contributed by atoms with Crippen LogP contribution in [-0.2, 0) is 28.5 Å². The monoisotopic (exact) mass is 588 g/mol. The summed E-state index contributed by atoms with van der Waals surface area (Å²) in [4.78, 5) is 24.6. The minimum atomic E-state index is -1.68. The number of carbonyl (C=O) groups is 2. The first-order valence-electron chi connectivity index (χ1n) is 13.8. The molecule has 42 heavy (non-hydrogen) atoms. The lowest BCUT2D eigenvalue weighted by Crippen LogP contribution is -2.59. The van der Waals surface area contributed by atoms with E-state index >= 15 is 0 Å². The first kappa shape index (κ1) is 30.1. The molecule has 1 aromatic carbocycles. The van der Waals surface area contributed by atoms with Crippen LogP contribution < -0.4 is 0 Å². The van der Waals surface area contributed by atoms with Crippen LogP contribution in [-0.4, -0.2) is 91.6 Å². The van der Waals surface area contributed by atoms with Crippen LogP contribution in [0.15, 0.2) is 47.8 Å². The Morgan fingerprint density at radius 1 is 1.17 bits per heavy atom. The third kappa shape index (κ3) is 5.52. The summed E-state index contributed by atoms with van der Waals surface area (Å²) >= 11 is 0. The van der Waals surface area contributed by atoms with E-state index in [4.69, 9.17) is 18.9 Å². The Labute approximate surface area is 242 Å². The Balaban J connectivity index is 1.27. The first-order chi connectivity index (χ1) is 19.8. The van der Waals surface area contributed by atoms with Crippen LogP contribution in [0.1, 0.15) is 38.7 Å². The molecule has 0 bridgehead atoms. The molecule has 0 radical (unpaired) electrons. The van der Waals surface area contributed by atoms with Crippen molar-refractivity contribution in [1.29, 1.82) is 0 Å². The fraction of sp³-hybridized carbons (Fsp3) is 0.533. The third-order valence-electron chi connectivity index (χ3n) is 8.97. The maximum Gasteiger partial charge on any atom is 0.334 e. The molecule has 6 N–H and O–H groups in total. The second-order valence-corrected chi connectivity index (χ2v) is 11.7. The molecule has 10 atom stereocenters. The number of hydrogen-bond acceptors (Lipinski definition) is 12. The van der Waals surface area contributed by atoms with Gasteiger partial charge in [-0.1, -0.05) is 12.6 Å². The Bertz CT molecular complexity index is 1320. The maximum atomic E-state index is 12.3. The number of aromatic hydroxyl groups is 2. The molecule has 5 rings (SSSR count). The minimum Gasteiger partial charge on any atom is -0.504 e. The van der Waals surface area contributed by atoms with E-state index in [1.807, 2.05) is 0 Å². The Kier molecular flexibility index (Phi) is 8.12. The molecule has 1 aromatic rings. The van der Waals surface area contributed by atoms with Crippen LogP contribution in [0, 0.1) is 17.8 Å². The van der Waals surface area contributed by atoms with Gasteiger partial charge in [-0.2, -0.15) is 0 Å². The molecular formula is C30H36O12. The van der Waals surface area contributed by atoms with E-state index in [0.29, 0.717) is 35.3 Å². The summed E-state index contributed by atoms with van der Waals surface area (Å²) in [7, 11) is 0. The number of carbonyl (C=O) groups excluding carboxylic acids is 2. The third-order valence-corrected chi connectivity index (χ3v) is 8.97. The van der Waals surface area contributed by atoms with E-state index in [0.717, 1.165) is 6.08 Å². The molecule has 2 aliphatic carbocycles. The molecule has 0 aromatic heterocycles. The maximum absolute atomic E-state index is 12.3. The molecular weight excluding hydrogens is 552 g/mol. The molecule has 0 amide bonds. The van der Waals surface area contributed by atoms with Crippen molar-refractivity contribution < 1.29 is 59.2 Å². The van der Waals surface area contributed by atoms with E-state index in [2.05, 4.69) is 6.58 Å². The first-order valence-corrected chi connectivity index (χ1v) is 13.8. The standard InChI is InChI=1S/C30H36O12/c1-13-16-8-9-30(3,38)17-11-20(14(2)23(17)27(16)42-28(13)37)40-29-26(36)25(35)24(34)21(41-29)12-39-22(33)7-5-15-4-6-18(31)19(32)10-15/h4-7,10,16-17,21,23-27,29,31-32,34-36,38H,1,8-9,11-12H2,2-3H3/b7-5+/t16-,17+,21+,23-,24+,25-,26+,27-,29+,30-/m0/s1. The van der Waals surface area contributed by atoms with Crippen molar-refractivity contribution in [2.24, 2.45) is 17.8 Å². The van der Waals surface area contributed by atoms with Crippen molar-refractivity contribution in [2.45, 2.75) is 75.5 Å². The summed E-state index contributed by atoms with van der Waals surface area (Å²) in [6.45, 7) is 6.95. The Hall–Kier alpha value is -3.42. The second kappa shape index (κ2) is 11.3. The normalized spacial score (nSPS) is 38.2. The van der Waals surface area contributed by atoms with Gasteiger partial charge < -0.3 is 49.6 Å². The highest BCUT2D eigenvalue weighted by molar-refractivity contribution is 5.91. The van der Waals surface area contributed by atoms with Crippen molar-refractivity contribution in [1.82, 2.24) is 0 Å². The second-order valence-electron chi connectivity index (χ2n) is 11.7. The predicted molar refractivity (Wildman–Crippen MR) is 144 cm³/mol. The number of phenolic OH excluding ortho intramolecular Hbond substituents is 2. The predicted octanol–water partition coefficient (Wildman–Crippen LogP) is 1.03. The summed E-state index contributed by atoms with van der Waals surface area (Å²) in [5, 5.41) is 62.0. The average Bonchev–Trinajstić information content (AvgIpc) is 3.38. The molecule has 2 aliphatic heterocycles. The number of fused-ring (bicyclic) bond motifs is 3. The van der Waals surface area contributed by atoms with Crippen LogP contribution in [0.3, 0.4) is 0 Å². The highest BCUT2D eigenvalue weighted by atomic mass is 16.7. The lowest BCUT2D eigenvalue weighted by Gasteiger charge is -2.40. The van der Waals surface area contributed by atoms with E-state index in [1.54, 1.807) is 13.8 Å². The van der Waals surface area contributed by atoms with Gasteiger partial charge in [0, 0.05) is 35.8 Å². The molecule has 228 valence electrons. The fourth-order valence-corrected chi connectivity index (χ4v) is 6.44. The lowest BCUT2D eigenvalue weighted by molar-refractivity contribution is -0.292. The molecule has 2 heterocycles. The van der Waals surface area contributed by atoms with Crippen LogP contribution >= 0.6 is 0 Å². The van der Waals surface area contributed by atoms with E-state index in [1.165, 1.54) is 24.3 Å². The highest BCUT2D eigenvalue weighted by Crippen LogP contribution is 2.54. The van der Waals surface area contributed by atoms with Crippen molar-refractivity contribution >= 4 is 18.0 Å². The summed E-state index contributed by atoms with van der Waals surface area (Å²) in [6, 6.07) is 3.97. The van der Waals surface area contributed by atoms with Crippen molar-refractivity contribution in [2.75, 3.05) is 6.61 Å². The summed E-state index contributed by atoms with van der Waals surface area (Å²) in [5.41, 5.74) is 0.417. The SMILES string of the molecule is C=C1C(=O)O[C@@H]2[C@H]3C(C)=C(O[C@@H]4O[C@H](COC(=O)/C=C/c5ccc(O)c(O)c5)[C@@H](O)[C@H](O)[C@H]4O)C[C@H]3[C@@](C)(O)CC[C@@H]12. The van der Waals surface area contributed by atoms with Gasteiger partial charge in [0.1, 0.15) is 37.1 Å². The Morgan fingerprint density at radius 2 is 1.90 bits per heavy atom. The van der Waals surface area contributed by atoms with Gasteiger partial charge >= 0.3 is 11.9 Å². The number of esters is 2. The molecule has 0 unspecified atom stereocenters. The zero-order valence-corrected chi connectivity index (χ0v) is 23.3. The van der Waals surface area contributed by atoms with Crippen LogP contribution in [0.2, 0.25) is 0 Å². The number of ether oxygens (including phenoxy) is 4. The van der Waals surface area contributed by atoms with E-state index in [9.17, 15) is 40.2 Å². The zero-order valence-electron chi connectivity index (χ0n) is 23.3. The summed E-state index contributed by atoms with van der Waals surface area (Å²) < 4.78 is 22.6. The van der Waals surface area contributed by atoms with Crippen molar-refractivity contribution in [3.63, 3.8) is 0 Å². The van der Waals surface area contributed by atoms with Gasteiger partial charge in [0.25, 0.3) is 0 Å². The lowest BCUT2D eigenvalue weighted by atomic mass is 9.76. The topological polar surface area (TPSA) is 192 Å². The van der Waals surface area contributed by atoms with Crippen molar-refractivity contribution in [3.05, 3.63) is 53.3 Å². The largest absolute Gasteiger partial charge is 0.504 e. The number of aliphatic hydroxyl groups is 4. The Morgan fingerprint density at radius 3 is 2.62 bits per heavy atom. The van der Waals surface area contributed by atoms with Gasteiger partial charge in [0.15, 0.2) is 11.5 Å². The molecule has 3 fully saturated rings. The number of aliphatic hydroxyl groups excluding tert-OH is 3.